The molecule has 0 bridgehead atoms. The van der Waals surface area contributed by atoms with Crippen LogP contribution in [0, 0.1) is 0 Å². The lowest BCUT2D eigenvalue weighted by Gasteiger charge is -2.26. The van der Waals surface area contributed by atoms with Gasteiger partial charge < -0.3 is 14.2 Å². The number of ether oxygens (including phenoxy) is 3. The molecule has 2 aliphatic heterocycles. The van der Waals surface area contributed by atoms with Gasteiger partial charge in [-0.1, -0.05) is 0 Å². The minimum Gasteiger partial charge on any atom is -0.478 e. The van der Waals surface area contributed by atoms with E-state index >= 15 is 0 Å². The van der Waals surface area contributed by atoms with Gasteiger partial charge in [0.15, 0.2) is 18.0 Å². The highest BCUT2D eigenvalue weighted by Crippen LogP contribution is 2.34. The number of hydrogen-bond acceptors (Lipinski definition) is 4. The first-order valence-electron chi connectivity index (χ1n) is 4.40. The summed E-state index contributed by atoms with van der Waals surface area (Å²) in [6.45, 7) is 1.18. The number of rotatable bonds is 0. The average molecular weight is 258 g/mol. The first kappa shape index (κ1) is 8.49. The van der Waals surface area contributed by atoms with Gasteiger partial charge in [-0.15, -0.1) is 0 Å². The van der Waals surface area contributed by atoms with Crippen molar-refractivity contribution < 1.29 is 14.2 Å². The van der Waals surface area contributed by atoms with E-state index in [1.165, 1.54) is 0 Å². The molecule has 1 fully saturated rings. The zero-order valence-corrected chi connectivity index (χ0v) is 8.86. The Bertz CT molecular complexity index is 371. The van der Waals surface area contributed by atoms with Gasteiger partial charge in [0.05, 0.1) is 13.2 Å². The summed E-state index contributed by atoms with van der Waals surface area (Å²) in [7, 11) is 0. The molecule has 2 aliphatic rings. The van der Waals surface area contributed by atoms with Crippen LogP contribution in [0.4, 0.5) is 0 Å². The van der Waals surface area contributed by atoms with Gasteiger partial charge in [-0.2, -0.15) is 0 Å². The van der Waals surface area contributed by atoms with Crippen molar-refractivity contribution in [2.45, 2.75) is 12.2 Å². The van der Waals surface area contributed by atoms with Crippen LogP contribution in [0.2, 0.25) is 0 Å². The Kier molecular flexibility index (Phi) is 1.88. The molecule has 3 heterocycles. The molecule has 1 aromatic rings. The quantitative estimate of drug-likeness (QED) is 0.659. The maximum absolute atomic E-state index is 5.68. The Morgan fingerprint density at radius 3 is 2.86 bits per heavy atom. The molecule has 4 nitrogen and oxygen atoms in total. The standard InChI is InChI=1S/C9H8BrNO3/c10-8-2-1-5-9(11-8)14-7-4-12-3-6(7)13-5/h1-2,6-7H,3-4H2/t6-,7-/m0/s1. The van der Waals surface area contributed by atoms with E-state index in [-0.39, 0.29) is 12.2 Å². The molecule has 0 aromatic carbocycles. The lowest BCUT2D eigenvalue weighted by molar-refractivity contribution is 0.0500. The fourth-order valence-electron chi connectivity index (χ4n) is 1.62. The van der Waals surface area contributed by atoms with Crippen LogP contribution in [0.1, 0.15) is 0 Å². The van der Waals surface area contributed by atoms with Crippen molar-refractivity contribution in [3.05, 3.63) is 16.7 Å². The molecule has 14 heavy (non-hydrogen) atoms. The van der Waals surface area contributed by atoms with Crippen molar-refractivity contribution in [3.8, 4) is 11.6 Å². The van der Waals surface area contributed by atoms with Crippen LogP contribution in [-0.2, 0) is 4.74 Å². The molecule has 0 aliphatic carbocycles. The Hall–Kier alpha value is -0.810. The molecule has 5 heteroatoms. The maximum Gasteiger partial charge on any atom is 0.258 e. The third-order valence-corrected chi connectivity index (χ3v) is 2.75. The molecule has 1 saturated heterocycles. The highest BCUT2D eigenvalue weighted by Gasteiger charge is 2.37. The predicted octanol–water partition coefficient (Wildman–Crippen LogP) is 1.38. The highest BCUT2D eigenvalue weighted by molar-refractivity contribution is 9.10. The molecule has 2 atom stereocenters. The zero-order valence-electron chi connectivity index (χ0n) is 7.27. The van der Waals surface area contributed by atoms with E-state index in [9.17, 15) is 0 Å². The van der Waals surface area contributed by atoms with Crippen molar-refractivity contribution in [2.75, 3.05) is 13.2 Å². The van der Waals surface area contributed by atoms with Crippen molar-refractivity contribution >= 4 is 15.9 Å². The largest absolute Gasteiger partial charge is 0.478 e. The maximum atomic E-state index is 5.68. The summed E-state index contributed by atoms with van der Waals surface area (Å²) in [4.78, 5) is 4.19. The topological polar surface area (TPSA) is 40.6 Å². The van der Waals surface area contributed by atoms with Gasteiger partial charge in [0.2, 0.25) is 0 Å². The van der Waals surface area contributed by atoms with Crippen LogP contribution in [0.25, 0.3) is 0 Å². The summed E-state index contributed by atoms with van der Waals surface area (Å²) < 4.78 is 17.3. The third-order valence-electron chi connectivity index (χ3n) is 2.31. The van der Waals surface area contributed by atoms with Crippen molar-refractivity contribution in [1.82, 2.24) is 4.98 Å². The molecule has 1 aromatic heterocycles. The molecule has 0 saturated carbocycles. The van der Waals surface area contributed by atoms with Gasteiger partial charge in [-0.25, -0.2) is 4.98 Å². The van der Waals surface area contributed by atoms with Crippen LogP contribution in [0.3, 0.4) is 0 Å². The molecule has 0 spiro atoms. The van der Waals surface area contributed by atoms with Gasteiger partial charge in [0.1, 0.15) is 4.60 Å². The van der Waals surface area contributed by atoms with E-state index in [0.717, 1.165) is 4.60 Å². The molecule has 0 unspecified atom stereocenters. The SMILES string of the molecule is Brc1ccc2c(n1)O[C@H]1COC[C@@H]1O2. The monoisotopic (exact) mass is 257 g/mol. The van der Waals surface area contributed by atoms with Crippen LogP contribution >= 0.6 is 15.9 Å². The van der Waals surface area contributed by atoms with Crippen LogP contribution < -0.4 is 9.47 Å². The van der Waals surface area contributed by atoms with Crippen molar-refractivity contribution in [1.29, 1.82) is 0 Å². The molecule has 3 rings (SSSR count). The summed E-state index contributed by atoms with van der Waals surface area (Å²) in [5, 5.41) is 0. The normalized spacial score (nSPS) is 28.6. The van der Waals surface area contributed by atoms with Gasteiger partial charge in [-0.05, 0) is 28.1 Å². The number of fused-ring (bicyclic) bond motifs is 2. The smallest absolute Gasteiger partial charge is 0.258 e. The average Bonchev–Trinajstić information content (AvgIpc) is 2.61. The first-order valence-corrected chi connectivity index (χ1v) is 5.20. The molecule has 0 N–H and O–H groups in total. The number of halogens is 1. The zero-order chi connectivity index (χ0) is 9.54. The summed E-state index contributed by atoms with van der Waals surface area (Å²) in [6.07, 6.45) is 0.00905. The first-order chi connectivity index (χ1) is 6.83. The molecule has 74 valence electrons. The number of hydrogen-bond donors (Lipinski definition) is 0. The second kappa shape index (κ2) is 3.10. The van der Waals surface area contributed by atoms with E-state index in [0.29, 0.717) is 24.8 Å². The molecular weight excluding hydrogens is 250 g/mol. The Morgan fingerprint density at radius 1 is 1.21 bits per heavy atom. The van der Waals surface area contributed by atoms with Crippen LogP contribution in [-0.4, -0.2) is 30.4 Å². The fraction of sp³-hybridized carbons (Fsp3) is 0.444. The predicted molar refractivity (Wildman–Crippen MR) is 51.6 cm³/mol. The van der Waals surface area contributed by atoms with E-state index < -0.39 is 0 Å². The van der Waals surface area contributed by atoms with Gasteiger partial charge in [0.25, 0.3) is 5.88 Å². The van der Waals surface area contributed by atoms with Gasteiger partial charge in [-0.3, -0.25) is 0 Å². The summed E-state index contributed by atoms with van der Waals surface area (Å²) in [6, 6.07) is 3.68. The minimum atomic E-state index is -0.00991. The summed E-state index contributed by atoms with van der Waals surface area (Å²) >= 11 is 3.29. The summed E-state index contributed by atoms with van der Waals surface area (Å²) in [5.41, 5.74) is 0. The second-order valence-corrected chi connectivity index (χ2v) is 4.10. The summed E-state index contributed by atoms with van der Waals surface area (Å²) in [5.74, 6) is 1.24. The van der Waals surface area contributed by atoms with Crippen LogP contribution in [0.15, 0.2) is 16.7 Å². The Balaban J connectivity index is 1.97. The third kappa shape index (κ3) is 1.27. The Labute approximate surface area is 89.3 Å². The number of pyridine rings is 1. The lowest BCUT2D eigenvalue weighted by atomic mass is 10.2. The van der Waals surface area contributed by atoms with Crippen molar-refractivity contribution in [2.24, 2.45) is 0 Å². The molecular formula is C9H8BrNO3. The van der Waals surface area contributed by atoms with E-state index in [4.69, 9.17) is 14.2 Å². The number of nitrogens with zero attached hydrogens (tertiary/aromatic N) is 1. The second-order valence-electron chi connectivity index (χ2n) is 3.29. The van der Waals surface area contributed by atoms with Gasteiger partial charge >= 0.3 is 0 Å². The lowest BCUT2D eigenvalue weighted by Crippen LogP contribution is -2.38. The molecule has 0 amide bonds. The van der Waals surface area contributed by atoms with Crippen LogP contribution in [0.5, 0.6) is 11.6 Å². The minimum absolute atomic E-state index is 0.00991. The molecule has 0 radical (unpaired) electrons. The van der Waals surface area contributed by atoms with E-state index in [1.807, 2.05) is 12.1 Å². The van der Waals surface area contributed by atoms with E-state index in [1.54, 1.807) is 0 Å². The number of aromatic nitrogens is 1. The fourth-order valence-corrected chi connectivity index (χ4v) is 1.91. The highest BCUT2D eigenvalue weighted by atomic mass is 79.9. The van der Waals surface area contributed by atoms with Crippen molar-refractivity contribution in [3.63, 3.8) is 0 Å². The Morgan fingerprint density at radius 2 is 2.00 bits per heavy atom. The van der Waals surface area contributed by atoms with Gasteiger partial charge in [0, 0.05) is 0 Å². The van der Waals surface area contributed by atoms with E-state index in [2.05, 4.69) is 20.9 Å².